The zero-order chi connectivity index (χ0) is 10.8. The summed E-state index contributed by atoms with van der Waals surface area (Å²) in [6.45, 7) is 4.63. The number of rotatable bonds is 2. The van der Waals surface area contributed by atoms with Crippen LogP contribution in [0.15, 0.2) is 24.3 Å². The molecule has 2 unspecified atom stereocenters. The van der Waals surface area contributed by atoms with Gasteiger partial charge in [-0.05, 0) is 51.0 Å². The van der Waals surface area contributed by atoms with E-state index in [1.807, 2.05) is 7.05 Å². The van der Waals surface area contributed by atoms with Crippen LogP contribution in [0.4, 0.5) is 11.4 Å². The van der Waals surface area contributed by atoms with Crippen LogP contribution in [0.2, 0.25) is 0 Å². The second-order valence-corrected chi connectivity index (χ2v) is 4.48. The van der Waals surface area contributed by atoms with Gasteiger partial charge in [-0.15, -0.1) is 0 Å². The Morgan fingerprint density at radius 1 is 1.07 bits per heavy atom. The van der Waals surface area contributed by atoms with Gasteiger partial charge >= 0.3 is 0 Å². The molecule has 2 atom stereocenters. The molecule has 0 saturated carbocycles. The van der Waals surface area contributed by atoms with Gasteiger partial charge in [-0.2, -0.15) is 0 Å². The first-order chi connectivity index (χ1) is 7.22. The molecule has 82 valence electrons. The molecule has 0 aliphatic carbocycles. The Kier molecular flexibility index (Phi) is 2.85. The monoisotopic (exact) mass is 204 g/mol. The summed E-state index contributed by atoms with van der Waals surface area (Å²) < 4.78 is 0. The van der Waals surface area contributed by atoms with E-state index in [2.05, 4.69) is 48.3 Å². The quantitative estimate of drug-likeness (QED) is 0.796. The second kappa shape index (κ2) is 4.13. The molecule has 0 radical (unpaired) electrons. The predicted molar refractivity (Wildman–Crippen MR) is 66.6 cm³/mol. The lowest BCUT2D eigenvalue weighted by Gasteiger charge is -2.28. The van der Waals surface area contributed by atoms with Crippen molar-refractivity contribution < 1.29 is 0 Å². The minimum atomic E-state index is 0.681. The Hall–Kier alpha value is -1.18. The van der Waals surface area contributed by atoms with E-state index in [0.717, 1.165) is 0 Å². The first-order valence-electron chi connectivity index (χ1n) is 5.78. The van der Waals surface area contributed by atoms with Crippen LogP contribution in [0.25, 0.3) is 0 Å². The lowest BCUT2D eigenvalue weighted by molar-refractivity contribution is 0.694. The normalized spacial score (nSPS) is 25.7. The summed E-state index contributed by atoms with van der Waals surface area (Å²) in [5, 5.41) is 3.15. The fourth-order valence-electron chi connectivity index (χ4n) is 2.50. The average molecular weight is 204 g/mol. The summed E-state index contributed by atoms with van der Waals surface area (Å²) in [5.74, 6) is 0. The third-order valence-corrected chi connectivity index (χ3v) is 3.41. The minimum absolute atomic E-state index is 0.681. The minimum Gasteiger partial charge on any atom is -0.388 e. The average Bonchev–Trinajstić information content (AvgIpc) is 2.59. The largest absolute Gasteiger partial charge is 0.388 e. The lowest BCUT2D eigenvalue weighted by atomic mass is 10.2. The first kappa shape index (κ1) is 10.3. The molecule has 0 spiro atoms. The van der Waals surface area contributed by atoms with Crippen molar-refractivity contribution in [3.05, 3.63) is 24.3 Å². The number of hydrogen-bond acceptors (Lipinski definition) is 2. The van der Waals surface area contributed by atoms with E-state index in [1.165, 1.54) is 24.2 Å². The smallest absolute Gasteiger partial charge is 0.0372 e. The van der Waals surface area contributed by atoms with Crippen molar-refractivity contribution >= 4 is 11.4 Å². The van der Waals surface area contributed by atoms with Gasteiger partial charge in [0.25, 0.3) is 0 Å². The van der Waals surface area contributed by atoms with Crippen LogP contribution in [-0.4, -0.2) is 19.1 Å². The van der Waals surface area contributed by atoms with E-state index in [-0.39, 0.29) is 0 Å². The molecule has 2 heteroatoms. The van der Waals surface area contributed by atoms with Gasteiger partial charge in [-0.25, -0.2) is 0 Å². The molecule has 2 nitrogen and oxygen atoms in total. The molecule has 1 aliphatic heterocycles. The van der Waals surface area contributed by atoms with Crippen LogP contribution in [0.1, 0.15) is 26.7 Å². The molecule has 1 aromatic carbocycles. The predicted octanol–water partition coefficient (Wildman–Crippen LogP) is 3.11. The van der Waals surface area contributed by atoms with Gasteiger partial charge in [0.2, 0.25) is 0 Å². The third kappa shape index (κ3) is 1.94. The fraction of sp³-hybridized carbons (Fsp3) is 0.538. The standard InChI is InChI=1S/C13H20N2/c1-10-4-5-11(2)15(10)13-8-6-12(14-3)7-9-13/h6-11,14H,4-5H2,1-3H3. The van der Waals surface area contributed by atoms with Crippen molar-refractivity contribution in [3.63, 3.8) is 0 Å². The molecular formula is C13H20N2. The van der Waals surface area contributed by atoms with Crippen LogP contribution in [0.5, 0.6) is 0 Å². The SMILES string of the molecule is CNc1ccc(N2C(C)CCC2C)cc1. The van der Waals surface area contributed by atoms with E-state index in [9.17, 15) is 0 Å². The zero-order valence-electron chi connectivity index (χ0n) is 9.83. The highest BCUT2D eigenvalue weighted by molar-refractivity contribution is 5.56. The van der Waals surface area contributed by atoms with Gasteiger partial charge in [-0.1, -0.05) is 0 Å². The Balaban J connectivity index is 2.21. The number of anilines is 2. The molecule has 1 heterocycles. The molecule has 1 fully saturated rings. The highest BCUT2D eigenvalue weighted by Crippen LogP contribution is 2.30. The Labute approximate surface area is 92.3 Å². The summed E-state index contributed by atoms with van der Waals surface area (Å²) in [4.78, 5) is 2.53. The summed E-state index contributed by atoms with van der Waals surface area (Å²) in [7, 11) is 1.95. The Morgan fingerprint density at radius 3 is 2.07 bits per heavy atom. The Morgan fingerprint density at radius 2 is 1.60 bits per heavy atom. The van der Waals surface area contributed by atoms with Gasteiger partial charge in [-0.3, -0.25) is 0 Å². The lowest BCUT2D eigenvalue weighted by Crippen LogP contribution is -2.32. The molecule has 15 heavy (non-hydrogen) atoms. The van der Waals surface area contributed by atoms with Crippen molar-refractivity contribution in [2.24, 2.45) is 0 Å². The molecular weight excluding hydrogens is 184 g/mol. The number of nitrogens with zero attached hydrogens (tertiary/aromatic N) is 1. The van der Waals surface area contributed by atoms with Crippen molar-refractivity contribution in [3.8, 4) is 0 Å². The van der Waals surface area contributed by atoms with E-state index in [0.29, 0.717) is 12.1 Å². The number of benzene rings is 1. The highest BCUT2D eigenvalue weighted by Gasteiger charge is 2.26. The van der Waals surface area contributed by atoms with Gasteiger partial charge in [0.15, 0.2) is 0 Å². The summed E-state index contributed by atoms with van der Waals surface area (Å²) in [6.07, 6.45) is 2.63. The van der Waals surface area contributed by atoms with E-state index in [4.69, 9.17) is 0 Å². The molecule has 2 rings (SSSR count). The molecule has 1 N–H and O–H groups in total. The highest BCUT2D eigenvalue weighted by atomic mass is 15.2. The fourth-order valence-corrected chi connectivity index (χ4v) is 2.50. The molecule has 1 aliphatic rings. The zero-order valence-corrected chi connectivity index (χ0v) is 9.83. The van der Waals surface area contributed by atoms with Crippen molar-refractivity contribution in [1.82, 2.24) is 0 Å². The van der Waals surface area contributed by atoms with Gasteiger partial charge in [0, 0.05) is 30.5 Å². The first-order valence-corrected chi connectivity index (χ1v) is 5.78. The third-order valence-electron chi connectivity index (χ3n) is 3.41. The van der Waals surface area contributed by atoms with Gasteiger partial charge in [0.05, 0.1) is 0 Å². The van der Waals surface area contributed by atoms with Crippen LogP contribution in [-0.2, 0) is 0 Å². The van der Waals surface area contributed by atoms with E-state index < -0.39 is 0 Å². The maximum Gasteiger partial charge on any atom is 0.0372 e. The van der Waals surface area contributed by atoms with E-state index in [1.54, 1.807) is 0 Å². The van der Waals surface area contributed by atoms with Crippen molar-refractivity contribution in [2.45, 2.75) is 38.8 Å². The maximum absolute atomic E-state index is 3.15. The second-order valence-electron chi connectivity index (χ2n) is 4.48. The molecule has 0 bridgehead atoms. The molecule has 1 saturated heterocycles. The van der Waals surface area contributed by atoms with Gasteiger partial charge in [0.1, 0.15) is 0 Å². The Bertz CT molecular complexity index is 308. The van der Waals surface area contributed by atoms with Crippen molar-refractivity contribution in [1.29, 1.82) is 0 Å². The van der Waals surface area contributed by atoms with Crippen molar-refractivity contribution in [2.75, 3.05) is 17.3 Å². The number of hydrogen-bond donors (Lipinski definition) is 1. The number of nitrogens with one attached hydrogen (secondary N) is 1. The molecule has 0 aromatic heterocycles. The van der Waals surface area contributed by atoms with Crippen LogP contribution in [0, 0.1) is 0 Å². The molecule has 1 aromatic rings. The summed E-state index contributed by atoms with van der Waals surface area (Å²) in [5.41, 5.74) is 2.53. The van der Waals surface area contributed by atoms with E-state index >= 15 is 0 Å². The molecule has 0 amide bonds. The van der Waals surface area contributed by atoms with Crippen LogP contribution < -0.4 is 10.2 Å². The van der Waals surface area contributed by atoms with Crippen LogP contribution >= 0.6 is 0 Å². The van der Waals surface area contributed by atoms with Crippen LogP contribution in [0.3, 0.4) is 0 Å². The maximum atomic E-state index is 3.15. The summed E-state index contributed by atoms with van der Waals surface area (Å²) >= 11 is 0. The van der Waals surface area contributed by atoms with Gasteiger partial charge < -0.3 is 10.2 Å². The summed E-state index contributed by atoms with van der Waals surface area (Å²) in [6, 6.07) is 10.1. The topological polar surface area (TPSA) is 15.3 Å².